The van der Waals surface area contributed by atoms with Crippen LogP contribution in [0.5, 0.6) is 0 Å². The maximum Gasteiger partial charge on any atom is 0.177 e. The number of halogens is 2. The van der Waals surface area contributed by atoms with Crippen LogP contribution in [0.4, 0.5) is 8.78 Å². The average Bonchev–Trinajstić information content (AvgIpc) is 2.70. The molecule has 0 saturated heterocycles. The van der Waals surface area contributed by atoms with Gasteiger partial charge >= 0.3 is 0 Å². The number of tetrazole rings is 1. The van der Waals surface area contributed by atoms with Gasteiger partial charge in [0.05, 0.1) is 18.7 Å². The number of aliphatic hydroxyl groups is 1. The van der Waals surface area contributed by atoms with E-state index in [1.807, 2.05) is 0 Å². The molecule has 1 N–H and O–H groups in total. The van der Waals surface area contributed by atoms with Gasteiger partial charge in [-0.3, -0.25) is 0 Å². The van der Waals surface area contributed by atoms with Crippen molar-refractivity contribution < 1.29 is 13.9 Å². The second-order valence-electron chi connectivity index (χ2n) is 4.01. The number of aryl methyl sites for hydroxylation is 2. The number of hydrogen-bond donors (Lipinski definition) is 1. The largest absolute Gasteiger partial charge is 0.388 e. The molecule has 0 fully saturated rings. The van der Waals surface area contributed by atoms with E-state index < -0.39 is 17.7 Å². The zero-order chi connectivity index (χ0) is 13.3. The molecule has 2 rings (SSSR count). The normalized spacial score (nSPS) is 12.7. The summed E-state index contributed by atoms with van der Waals surface area (Å²) >= 11 is 0. The van der Waals surface area contributed by atoms with E-state index >= 15 is 0 Å². The summed E-state index contributed by atoms with van der Waals surface area (Å²) in [6.45, 7) is 1.51. The Morgan fingerprint density at radius 1 is 1.39 bits per heavy atom. The molecule has 0 amide bonds. The van der Waals surface area contributed by atoms with Gasteiger partial charge in [-0.05, 0) is 23.8 Å². The zero-order valence-corrected chi connectivity index (χ0v) is 9.93. The molecule has 1 aromatic heterocycles. The predicted molar refractivity (Wildman–Crippen MR) is 58.6 cm³/mol. The van der Waals surface area contributed by atoms with Crippen LogP contribution in [0.3, 0.4) is 0 Å². The van der Waals surface area contributed by atoms with Gasteiger partial charge in [-0.15, -0.1) is 10.2 Å². The molecule has 18 heavy (non-hydrogen) atoms. The Morgan fingerprint density at radius 3 is 2.72 bits per heavy atom. The molecule has 2 aromatic rings. The first-order chi connectivity index (χ1) is 8.49. The smallest absolute Gasteiger partial charge is 0.177 e. The van der Waals surface area contributed by atoms with E-state index in [0.29, 0.717) is 0 Å². The van der Waals surface area contributed by atoms with Gasteiger partial charge in [0.15, 0.2) is 5.82 Å². The van der Waals surface area contributed by atoms with Crippen molar-refractivity contribution in [3.63, 3.8) is 0 Å². The maximum atomic E-state index is 13.8. The lowest BCUT2D eigenvalue weighted by Gasteiger charge is -2.12. The fourth-order valence-electron chi connectivity index (χ4n) is 1.66. The number of aromatic nitrogens is 4. The number of hydrogen-bond acceptors (Lipinski definition) is 4. The molecule has 0 radical (unpaired) electrons. The molecule has 1 atom stereocenters. The quantitative estimate of drug-likeness (QED) is 0.890. The third-order valence-corrected chi connectivity index (χ3v) is 2.58. The molecule has 5 nitrogen and oxygen atoms in total. The van der Waals surface area contributed by atoms with E-state index in [0.717, 1.165) is 6.07 Å². The highest BCUT2D eigenvalue weighted by molar-refractivity contribution is 5.28. The maximum absolute atomic E-state index is 13.8. The van der Waals surface area contributed by atoms with Crippen molar-refractivity contribution in [2.75, 3.05) is 0 Å². The van der Waals surface area contributed by atoms with Gasteiger partial charge in [0, 0.05) is 6.42 Å². The first-order valence-electron chi connectivity index (χ1n) is 5.34. The Labute approximate surface area is 102 Å². The standard InChI is InChI=1S/C11H12F2N4O/c1-6-3-4-7(12)10(11(6)13)8(18)5-9-14-16-17(2)15-9/h3-4,8,18H,5H2,1-2H3. The minimum absolute atomic E-state index is 0.0921. The van der Waals surface area contributed by atoms with Gasteiger partial charge in [0.25, 0.3) is 0 Å². The molecule has 0 bridgehead atoms. The Kier molecular flexibility index (Phi) is 3.33. The van der Waals surface area contributed by atoms with E-state index in [2.05, 4.69) is 15.4 Å². The summed E-state index contributed by atoms with van der Waals surface area (Å²) in [5, 5.41) is 21.0. The van der Waals surface area contributed by atoms with E-state index in [-0.39, 0.29) is 23.4 Å². The van der Waals surface area contributed by atoms with Crippen molar-refractivity contribution in [3.05, 3.63) is 40.7 Å². The molecule has 0 aliphatic carbocycles. The fraction of sp³-hybridized carbons (Fsp3) is 0.364. The second kappa shape index (κ2) is 4.77. The Hall–Kier alpha value is -1.89. The van der Waals surface area contributed by atoms with Crippen LogP contribution in [0.25, 0.3) is 0 Å². The molecule has 0 aliphatic rings. The van der Waals surface area contributed by atoms with Gasteiger partial charge in [-0.25, -0.2) is 8.78 Å². The molecule has 7 heteroatoms. The van der Waals surface area contributed by atoms with E-state index in [1.165, 1.54) is 17.8 Å². The van der Waals surface area contributed by atoms with Crippen LogP contribution >= 0.6 is 0 Å². The molecule has 1 unspecified atom stereocenters. The highest BCUT2D eigenvalue weighted by atomic mass is 19.1. The van der Waals surface area contributed by atoms with Crippen LogP contribution in [0.1, 0.15) is 23.1 Å². The number of aliphatic hydroxyl groups excluding tert-OH is 1. The summed E-state index contributed by atoms with van der Waals surface area (Å²) < 4.78 is 27.3. The Bertz CT molecular complexity index is 570. The topological polar surface area (TPSA) is 63.8 Å². The lowest BCUT2D eigenvalue weighted by atomic mass is 10.0. The minimum Gasteiger partial charge on any atom is -0.388 e. The van der Waals surface area contributed by atoms with Gasteiger partial charge in [-0.1, -0.05) is 6.07 Å². The van der Waals surface area contributed by atoms with Crippen LogP contribution in [-0.2, 0) is 13.5 Å². The van der Waals surface area contributed by atoms with Crippen molar-refractivity contribution in [3.8, 4) is 0 Å². The van der Waals surface area contributed by atoms with E-state index in [9.17, 15) is 13.9 Å². The minimum atomic E-state index is -1.34. The average molecular weight is 254 g/mol. The molecule has 1 heterocycles. The van der Waals surface area contributed by atoms with Crippen LogP contribution in [-0.4, -0.2) is 25.3 Å². The van der Waals surface area contributed by atoms with Gasteiger partial charge in [0.1, 0.15) is 11.6 Å². The van der Waals surface area contributed by atoms with Crippen molar-refractivity contribution in [1.82, 2.24) is 20.2 Å². The second-order valence-corrected chi connectivity index (χ2v) is 4.01. The van der Waals surface area contributed by atoms with Crippen LogP contribution in [0, 0.1) is 18.6 Å². The molecular formula is C11H12F2N4O. The van der Waals surface area contributed by atoms with E-state index in [4.69, 9.17) is 0 Å². The highest BCUT2D eigenvalue weighted by Gasteiger charge is 2.21. The molecule has 96 valence electrons. The van der Waals surface area contributed by atoms with Crippen LogP contribution in [0.2, 0.25) is 0 Å². The number of nitrogens with zero attached hydrogens (tertiary/aromatic N) is 4. The first-order valence-corrected chi connectivity index (χ1v) is 5.34. The summed E-state index contributed by atoms with van der Waals surface area (Å²) in [4.78, 5) is 1.21. The Morgan fingerprint density at radius 2 is 2.11 bits per heavy atom. The number of benzene rings is 1. The zero-order valence-electron chi connectivity index (χ0n) is 9.93. The lowest BCUT2D eigenvalue weighted by Crippen LogP contribution is -2.09. The first kappa shape index (κ1) is 12.6. The van der Waals surface area contributed by atoms with Gasteiger partial charge < -0.3 is 5.11 Å². The van der Waals surface area contributed by atoms with E-state index in [1.54, 1.807) is 7.05 Å². The summed E-state index contributed by atoms with van der Waals surface area (Å²) in [5.41, 5.74) is -0.0833. The third-order valence-electron chi connectivity index (χ3n) is 2.58. The monoisotopic (exact) mass is 254 g/mol. The summed E-state index contributed by atoms with van der Waals surface area (Å²) in [6, 6.07) is 2.45. The third kappa shape index (κ3) is 2.35. The summed E-state index contributed by atoms with van der Waals surface area (Å²) in [5.74, 6) is -1.30. The molecule has 1 aromatic carbocycles. The lowest BCUT2D eigenvalue weighted by molar-refractivity contribution is 0.165. The predicted octanol–water partition coefficient (Wildman–Crippen LogP) is 1.07. The highest BCUT2D eigenvalue weighted by Crippen LogP contribution is 2.25. The van der Waals surface area contributed by atoms with Crippen LogP contribution < -0.4 is 0 Å². The van der Waals surface area contributed by atoms with Crippen molar-refractivity contribution in [2.24, 2.45) is 7.05 Å². The number of rotatable bonds is 3. The summed E-state index contributed by atoms with van der Waals surface area (Å²) in [7, 11) is 1.57. The molecular weight excluding hydrogens is 242 g/mol. The van der Waals surface area contributed by atoms with Crippen molar-refractivity contribution >= 4 is 0 Å². The van der Waals surface area contributed by atoms with Crippen LogP contribution in [0.15, 0.2) is 12.1 Å². The molecule has 0 aliphatic heterocycles. The molecule has 0 saturated carbocycles. The molecule has 0 spiro atoms. The van der Waals surface area contributed by atoms with Crippen molar-refractivity contribution in [2.45, 2.75) is 19.4 Å². The van der Waals surface area contributed by atoms with Crippen molar-refractivity contribution in [1.29, 1.82) is 0 Å². The summed E-state index contributed by atoms with van der Waals surface area (Å²) in [6.07, 6.45) is -1.43. The van der Waals surface area contributed by atoms with Gasteiger partial charge in [-0.2, -0.15) is 4.80 Å². The fourth-order valence-corrected chi connectivity index (χ4v) is 1.66. The van der Waals surface area contributed by atoms with Gasteiger partial charge in [0.2, 0.25) is 0 Å². The Balaban J connectivity index is 2.28. The SMILES string of the molecule is Cc1ccc(F)c(C(O)Cc2nnn(C)n2)c1F.